The summed E-state index contributed by atoms with van der Waals surface area (Å²) in [7, 11) is 0. The summed E-state index contributed by atoms with van der Waals surface area (Å²) in [5.41, 5.74) is 6.84. The fourth-order valence-corrected chi connectivity index (χ4v) is 4.26. The average Bonchev–Trinajstić information content (AvgIpc) is 2.56. The van der Waals surface area contributed by atoms with Crippen molar-refractivity contribution >= 4 is 17.6 Å². The van der Waals surface area contributed by atoms with Crippen LogP contribution in [-0.4, -0.2) is 30.1 Å². The van der Waals surface area contributed by atoms with E-state index in [0.717, 1.165) is 25.7 Å². The standard InChI is InChI=1S/C19H28N4O2/c1-12(21-19(25)22-16-8-3-2-4-9-16)18(24)23-17-13-6-5-7-14(17)11-15(20)10-13/h2-4,8-9,12-15,17H,5-7,10-11,20H2,1H3,(H,23,24)(H2,21,22,25). The lowest BCUT2D eigenvalue weighted by molar-refractivity contribution is -0.124. The first-order valence-electron chi connectivity index (χ1n) is 9.21. The Kier molecular flexibility index (Phi) is 5.58. The number of carbonyl (C=O) groups is 2. The number of anilines is 1. The number of hydrogen-bond donors (Lipinski definition) is 4. The fourth-order valence-electron chi connectivity index (χ4n) is 4.26. The Morgan fingerprint density at radius 1 is 1.12 bits per heavy atom. The number of nitrogens with two attached hydrogens (primary N) is 1. The highest BCUT2D eigenvalue weighted by Gasteiger charge is 2.40. The third kappa shape index (κ3) is 4.51. The molecule has 2 saturated carbocycles. The van der Waals surface area contributed by atoms with E-state index in [2.05, 4.69) is 16.0 Å². The average molecular weight is 344 g/mol. The maximum Gasteiger partial charge on any atom is 0.319 e. The van der Waals surface area contributed by atoms with Crippen LogP contribution < -0.4 is 21.7 Å². The highest BCUT2D eigenvalue weighted by Crippen LogP contribution is 2.39. The molecular formula is C19H28N4O2. The normalized spacial score (nSPS) is 29.4. The zero-order chi connectivity index (χ0) is 17.8. The largest absolute Gasteiger partial charge is 0.351 e. The number of carbonyl (C=O) groups excluding carboxylic acids is 2. The van der Waals surface area contributed by atoms with Gasteiger partial charge in [-0.3, -0.25) is 4.79 Å². The summed E-state index contributed by atoms with van der Waals surface area (Å²) in [5, 5.41) is 8.61. The maximum atomic E-state index is 12.5. The molecule has 0 spiro atoms. The summed E-state index contributed by atoms with van der Waals surface area (Å²) in [6.45, 7) is 1.71. The molecule has 3 unspecified atom stereocenters. The lowest BCUT2D eigenvalue weighted by atomic mass is 9.67. The van der Waals surface area contributed by atoms with Crippen LogP contribution in [0.25, 0.3) is 0 Å². The van der Waals surface area contributed by atoms with Gasteiger partial charge in [-0.25, -0.2) is 4.79 Å². The molecule has 0 saturated heterocycles. The number of amides is 3. The summed E-state index contributed by atoms with van der Waals surface area (Å²) in [4.78, 5) is 24.6. The summed E-state index contributed by atoms with van der Waals surface area (Å²) in [6, 6.07) is 8.67. The van der Waals surface area contributed by atoms with Gasteiger partial charge >= 0.3 is 6.03 Å². The highest BCUT2D eigenvalue weighted by molar-refractivity contribution is 5.93. The van der Waals surface area contributed by atoms with Gasteiger partial charge in [0.05, 0.1) is 0 Å². The van der Waals surface area contributed by atoms with Gasteiger partial charge in [-0.2, -0.15) is 0 Å². The Morgan fingerprint density at radius 2 is 1.76 bits per heavy atom. The van der Waals surface area contributed by atoms with Gasteiger partial charge in [0, 0.05) is 17.8 Å². The van der Waals surface area contributed by atoms with Crippen molar-refractivity contribution in [3.8, 4) is 0 Å². The molecule has 3 atom stereocenters. The molecule has 0 aliphatic heterocycles. The van der Waals surface area contributed by atoms with Crippen molar-refractivity contribution in [1.82, 2.24) is 10.6 Å². The van der Waals surface area contributed by atoms with Crippen LogP contribution in [-0.2, 0) is 4.79 Å². The minimum Gasteiger partial charge on any atom is -0.351 e. The van der Waals surface area contributed by atoms with E-state index in [1.54, 1.807) is 19.1 Å². The van der Waals surface area contributed by atoms with E-state index < -0.39 is 6.04 Å². The predicted octanol–water partition coefficient (Wildman–Crippen LogP) is 2.22. The molecule has 25 heavy (non-hydrogen) atoms. The van der Waals surface area contributed by atoms with Gasteiger partial charge in [-0.15, -0.1) is 0 Å². The first kappa shape index (κ1) is 17.7. The Bertz CT molecular complexity index is 593. The Balaban J connectivity index is 1.51. The Hall–Kier alpha value is -2.08. The van der Waals surface area contributed by atoms with Gasteiger partial charge in [0.1, 0.15) is 6.04 Å². The fraction of sp³-hybridized carbons (Fsp3) is 0.579. The van der Waals surface area contributed by atoms with Crippen molar-refractivity contribution in [3.05, 3.63) is 30.3 Å². The quantitative estimate of drug-likeness (QED) is 0.674. The number of urea groups is 1. The third-order valence-corrected chi connectivity index (χ3v) is 5.46. The van der Waals surface area contributed by atoms with E-state index in [0.29, 0.717) is 17.5 Å². The van der Waals surface area contributed by atoms with Crippen LogP contribution in [0.4, 0.5) is 10.5 Å². The smallest absolute Gasteiger partial charge is 0.319 e. The van der Waals surface area contributed by atoms with Crippen LogP contribution in [0.15, 0.2) is 30.3 Å². The second-order valence-electron chi connectivity index (χ2n) is 7.40. The molecule has 2 aliphatic rings. The van der Waals surface area contributed by atoms with Crippen LogP contribution in [0, 0.1) is 11.8 Å². The van der Waals surface area contributed by atoms with E-state index in [-0.39, 0.29) is 24.0 Å². The Morgan fingerprint density at radius 3 is 2.40 bits per heavy atom. The molecule has 6 nitrogen and oxygen atoms in total. The van der Waals surface area contributed by atoms with E-state index in [9.17, 15) is 9.59 Å². The number of hydrogen-bond acceptors (Lipinski definition) is 3. The van der Waals surface area contributed by atoms with E-state index in [1.807, 2.05) is 18.2 Å². The topological polar surface area (TPSA) is 96.2 Å². The van der Waals surface area contributed by atoms with E-state index >= 15 is 0 Å². The van der Waals surface area contributed by atoms with Crippen molar-refractivity contribution in [2.45, 2.75) is 57.2 Å². The molecule has 3 rings (SSSR count). The minimum absolute atomic E-state index is 0.124. The lowest BCUT2D eigenvalue weighted by Gasteiger charge is -2.45. The molecule has 6 heteroatoms. The van der Waals surface area contributed by atoms with Gasteiger partial charge in [0.25, 0.3) is 0 Å². The molecule has 0 aromatic heterocycles. The maximum absolute atomic E-state index is 12.5. The van der Waals surface area contributed by atoms with Crippen molar-refractivity contribution in [1.29, 1.82) is 0 Å². The molecule has 2 fully saturated rings. The Labute approximate surface area is 148 Å². The molecule has 1 aromatic carbocycles. The highest BCUT2D eigenvalue weighted by atomic mass is 16.2. The second-order valence-corrected chi connectivity index (χ2v) is 7.40. The number of fused-ring (bicyclic) bond motifs is 2. The first-order valence-corrected chi connectivity index (χ1v) is 9.21. The summed E-state index contributed by atoms with van der Waals surface area (Å²) < 4.78 is 0. The van der Waals surface area contributed by atoms with Crippen LogP contribution >= 0.6 is 0 Å². The van der Waals surface area contributed by atoms with Crippen molar-refractivity contribution in [2.75, 3.05) is 5.32 Å². The minimum atomic E-state index is -0.583. The van der Waals surface area contributed by atoms with Crippen molar-refractivity contribution in [2.24, 2.45) is 17.6 Å². The lowest BCUT2D eigenvalue weighted by Crippen LogP contribution is -2.57. The summed E-state index contributed by atoms with van der Waals surface area (Å²) in [6.07, 6.45) is 5.45. The number of rotatable bonds is 4. The van der Waals surface area contributed by atoms with Crippen LogP contribution in [0.1, 0.15) is 39.0 Å². The molecule has 0 heterocycles. The summed E-state index contributed by atoms with van der Waals surface area (Å²) in [5.74, 6) is 0.814. The molecular weight excluding hydrogens is 316 g/mol. The van der Waals surface area contributed by atoms with Gasteiger partial charge in [-0.1, -0.05) is 24.6 Å². The molecule has 5 N–H and O–H groups in total. The van der Waals surface area contributed by atoms with Gasteiger partial charge in [0.15, 0.2) is 0 Å². The zero-order valence-electron chi connectivity index (χ0n) is 14.7. The van der Waals surface area contributed by atoms with Crippen molar-refractivity contribution in [3.63, 3.8) is 0 Å². The first-order chi connectivity index (χ1) is 12.0. The second kappa shape index (κ2) is 7.87. The van der Waals surface area contributed by atoms with Crippen molar-refractivity contribution < 1.29 is 9.59 Å². The number of benzene rings is 1. The molecule has 136 valence electrons. The molecule has 2 aliphatic carbocycles. The number of nitrogens with one attached hydrogen (secondary N) is 3. The molecule has 3 amide bonds. The van der Waals surface area contributed by atoms with E-state index in [1.165, 1.54) is 6.42 Å². The van der Waals surface area contributed by atoms with Gasteiger partial charge < -0.3 is 21.7 Å². The zero-order valence-corrected chi connectivity index (χ0v) is 14.7. The van der Waals surface area contributed by atoms with E-state index in [4.69, 9.17) is 5.73 Å². The number of para-hydroxylation sites is 1. The molecule has 2 bridgehead atoms. The predicted molar refractivity (Wildman–Crippen MR) is 98.0 cm³/mol. The van der Waals surface area contributed by atoms with Crippen LogP contribution in [0.3, 0.4) is 0 Å². The van der Waals surface area contributed by atoms with Gasteiger partial charge in [-0.05, 0) is 56.6 Å². The summed E-state index contributed by atoms with van der Waals surface area (Å²) >= 11 is 0. The monoisotopic (exact) mass is 344 g/mol. The van der Waals surface area contributed by atoms with Crippen LogP contribution in [0.5, 0.6) is 0 Å². The third-order valence-electron chi connectivity index (χ3n) is 5.46. The molecule has 1 aromatic rings. The molecule has 0 radical (unpaired) electrons. The van der Waals surface area contributed by atoms with Gasteiger partial charge in [0.2, 0.25) is 5.91 Å². The SMILES string of the molecule is CC(NC(=O)Nc1ccccc1)C(=O)NC1C2CCCC1CC(N)C2. The van der Waals surface area contributed by atoms with Crippen LogP contribution in [0.2, 0.25) is 0 Å².